The topological polar surface area (TPSA) is 105 Å². The Kier molecular flexibility index (Phi) is 5.70. The molecule has 7 heteroatoms. The van der Waals surface area contributed by atoms with Crippen LogP contribution >= 0.6 is 0 Å². The Balaban J connectivity index is 1.29. The lowest BCUT2D eigenvalue weighted by Gasteiger charge is -2.17. The third-order valence-corrected chi connectivity index (χ3v) is 5.67. The van der Waals surface area contributed by atoms with Crippen molar-refractivity contribution in [2.24, 2.45) is 5.92 Å². The third-order valence-electron chi connectivity index (χ3n) is 5.67. The Morgan fingerprint density at radius 2 is 1.60 bits per heavy atom. The molecule has 1 unspecified atom stereocenters. The Labute approximate surface area is 174 Å². The number of hydrogen-bond acceptors (Lipinski definition) is 4. The number of amides is 2. The number of carboxylic acids is 1. The lowest BCUT2D eigenvalue weighted by molar-refractivity contribution is -0.137. The van der Waals surface area contributed by atoms with Crippen molar-refractivity contribution >= 4 is 18.0 Å². The van der Waals surface area contributed by atoms with Gasteiger partial charge >= 0.3 is 12.1 Å². The largest absolute Gasteiger partial charge is 0.481 e. The molecule has 2 aromatic carbocycles. The molecule has 0 radical (unpaired) electrons. The molecule has 0 bridgehead atoms. The zero-order valence-electron chi connectivity index (χ0n) is 16.5. The number of ether oxygens (including phenoxy) is 1. The lowest BCUT2D eigenvalue weighted by atomic mass is 9.98. The average Bonchev–Trinajstić information content (AvgIpc) is 3.53. The van der Waals surface area contributed by atoms with E-state index in [9.17, 15) is 14.4 Å². The van der Waals surface area contributed by atoms with Gasteiger partial charge < -0.3 is 20.5 Å². The van der Waals surface area contributed by atoms with Gasteiger partial charge in [-0.15, -0.1) is 0 Å². The molecule has 3 N–H and O–H groups in total. The summed E-state index contributed by atoms with van der Waals surface area (Å²) in [4.78, 5) is 35.2. The second-order valence-electron chi connectivity index (χ2n) is 7.79. The molecule has 30 heavy (non-hydrogen) atoms. The summed E-state index contributed by atoms with van der Waals surface area (Å²) < 4.78 is 5.40. The van der Waals surface area contributed by atoms with Crippen molar-refractivity contribution in [2.45, 2.75) is 31.2 Å². The third kappa shape index (κ3) is 4.45. The van der Waals surface area contributed by atoms with Crippen LogP contribution in [0, 0.1) is 5.92 Å². The van der Waals surface area contributed by atoms with Crippen LogP contribution < -0.4 is 10.6 Å². The Morgan fingerprint density at radius 3 is 2.17 bits per heavy atom. The first-order chi connectivity index (χ1) is 14.5. The number of carbonyl (C=O) groups excluding carboxylic acids is 2. The van der Waals surface area contributed by atoms with Crippen LogP contribution in [0.5, 0.6) is 0 Å². The maximum atomic E-state index is 12.1. The molecular formula is C23H24N2O5. The van der Waals surface area contributed by atoms with Crippen molar-refractivity contribution in [3.63, 3.8) is 0 Å². The molecule has 156 valence electrons. The fraction of sp³-hybridized carbons (Fsp3) is 0.348. The Morgan fingerprint density at radius 1 is 1.00 bits per heavy atom. The monoisotopic (exact) mass is 408 g/mol. The van der Waals surface area contributed by atoms with Crippen LogP contribution in [-0.2, 0) is 14.3 Å². The summed E-state index contributed by atoms with van der Waals surface area (Å²) in [5, 5.41) is 14.1. The summed E-state index contributed by atoms with van der Waals surface area (Å²) in [6.45, 7) is -0.0787. The van der Waals surface area contributed by atoms with Gasteiger partial charge in [-0.3, -0.25) is 9.59 Å². The van der Waals surface area contributed by atoms with Gasteiger partial charge in [0.15, 0.2) is 0 Å². The smallest absolute Gasteiger partial charge is 0.407 e. The first-order valence-electron chi connectivity index (χ1n) is 10.1. The highest BCUT2D eigenvalue weighted by molar-refractivity contribution is 5.83. The zero-order valence-corrected chi connectivity index (χ0v) is 16.5. The lowest BCUT2D eigenvalue weighted by Crippen LogP contribution is -2.44. The summed E-state index contributed by atoms with van der Waals surface area (Å²) in [5.41, 5.74) is 4.52. The second-order valence-corrected chi connectivity index (χ2v) is 7.79. The van der Waals surface area contributed by atoms with Gasteiger partial charge in [0.1, 0.15) is 13.2 Å². The van der Waals surface area contributed by atoms with Gasteiger partial charge in [0.05, 0.1) is 6.42 Å². The molecule has 0 aliphatic heterocycles. The van der Waals surface area contributed by atoms with E-state index in [1.54, 1.807) is 0 Å². The van der Waals surface area contributed by atoms with E-state index in [0.717, 1.165) is 35.1 Å². The van der Waals surface area contributed by atoms with Crippen molar-refractivity contribution < 1.29 is 24.2 Å². The van der Waals surface area contributed by atoms with E-state index >= 15 is 0 Å². The normalized spacial score (nSPS) is 15.6. The molecule has 4 rings (SSSR count). The van der Waals surface area contributed by atoms with Crippen molar-refractivity contribution in [3.05, 3.63) is 59.7 Å². The van der Waals surface area contributed by atoms with E-state index in [2.05, 4.69) is 22.8 Å². The summed E-state index contributed by atoms with van der Waals surface area (Å²) in [6, 6.07) is 15.7. The molecule has 2 aromatic rings. The first-order valence-corrected chi connectivity index (χ1v) is 10.1. The van der Waals surface area contributed by atoms with E-state index in [4.69, 9.17) is 9.84 Å². The van der Waals surface area contributed by atoms with Crippen LogP contribution in [0.1, 0.15) is 36.3 Å². The highest BCUT2D eigenvalue weighted by Gasteiger charge is 2.34. The minimum absolute atomic E-state index is 0.0493. The minimum Gasteiger partial charge on any atom is -0.481 e. The fourth-order valence-corrected chi connectivity index (χ4v) is 4.08. The van der Waals surface area contributed by atoms with Gasteiger partial charge in [0, 0.05) is 12.0 Å². The number of nitrogens with one attached hydrogen (secondary N) is 2. The standard InChI is InChI=1S/C23H24N2O5/c26-21(25-20(11-22(27)28)14-9-10-14)12-24-23(29)30-13-19-17-7-3-1-5-15(17)16-6-2-4-8-18(16)19/h1-8,14,19-20H,9-13H2,(H,24,29)(H,25,26)(H,27,28). The van der Waals surface area contributed by atoms with Crippen molar-refractivity contribution in [1.29, 1.82) is 0 Å². The highest BCUT2D eigenvalue weighted by Crippen LogP contribution is 2.44. The number of aliphatic carboxylic acids is 1. The van der Waals surface area contributed by atoms with E-state index in [0.29, 0.717) is 0 Å². The van der Waals surface area contributed by atoms with E-state index in [1.165, 1.54) is 0 Å². The van der Waals surface area contributed by atoms with Crippen LogP contribution in [0.15, 0.2) is 48.5 Å². The molecule has 0 aromatic heterocycles. The molecule has 2 aliphatic rings. The molecule has 1 saturated carbocycles. The molecule has 0 saturated heterocycles. The number of carbonyl (C=O) groups is 3. The van der Waals surface area contributed by atoms with Crippen LogP contribution in [0.4, 0.5) is 4.79 Å². The summed E-state index contributed by atoms with van der Waals surface area (Å²) >= 11 is 0. The molecule has 1 atom stereocenters. The molecule has 7 nitrogen and oxygen atoms in total. The number of rotatable bonds is 8. The first kappa shape index (κ1) is 19.9. The maximum Gasteiger partial charge on any atom is 0.407 e. The molecular weight excluding hydrogens is 384 g/mol. The summed E-state index contributed by atoms with van der Waals surface area (Å²) in [5.74, 6) is -1.20. The van der Waals surface area contributed by atoms with Gasteiger partial charge in [0.2, 0.25) is 5.91 Å². The minimum atomic E-state index is -0.948. The molecule has 0 heterocycles. The number of alkyl carbamates (subject to hydrolysis) is 1. The van der Waals surface area contributed by atoms with Gasteiger partial charge in [0.25, 0.3) is 0 Å². The fourth-order valence-electron chi connectivity index (χ4n) is 4.08. The van der Waals surface area contributed by atoms with E-state index < -0.39 is 18.0 Å². The predicted octanol–water partition coefficient (Wildman–Crippen LogP) is 2.89. The van der Waals surface area contributed by atoms with Crippen LogP contribution in [0.3, 0.4) is 0 Å². The maximum absolute atomic E-state index is 12.1. The Hall–Kier alpha value is -3.35. The number of carboxylic acid groups (broad SMARTS) is 1. The number of benzene rings is 2. The number of hydrogen-bond donors (Lipinski definition) is 3. The second kappa shape index (κ2) is 8.57. The van der Waals surface area contributed by atoms with E-state index in [-0.39, 0.29) is 37.5 Å². The quantitative estimate of drug-likeness (QED) is 0.623. The summed E-state index contributed by atoms with van der Waals surface area (Å²) in [7, 11) is 0. The van der Waals surface area contributed by atoms with Gasteiger partial charge in [-0.25, -0.2) is 4.79 Å². The van der Waals surface area contributed by atoms with Crippen molar-refractivity contribution in [2.75, 3.05) is 13.2 Å². The average molecular weight is 408 g/mol. The van der Waals surface area contributed by atoms with Crippen LogP contribution in [0.25, 0.3) is 11.1 Å². The zero-order chi connectivity index (χ0) is 21.1. The van der Waals surface area contributed by atoms with Gasteiger partial charge in [-0.05, 0) is 41.0 Å². The van der Waals surface area contributed by atoms with Crippen molar-refractivity contribution in [1.82, 2.24) is 10.6 Å². The number of fused-ring (bicyclic) bond motifs is 3. The van der Waals surface area contributed by atoms with Crippen molar-refractivity contribution in [3.8, 4) is 11.1 Å². The molecule has 1 fully saturated rings. The SMILES string of the molecule is O=C(O)CC(NC(=O)CNC(=O)OCC1c2ccccc2-c2ccccc21)C1CC1. The highest BCUT2D eigenvalue weighted by atomic mass is 16.5. The predicted molar refractivity (Wildman–Crippen MR) is 110 cm³/mol. The molecule has 2 amide bonds. The summed E-state index contributed by atoms with van der Waals surface area (Å²) in [6.07, 6.45) is 1.05. The van der Waals surface area contributed by atoms with E-state index in [1.807, 2.05) is 36.4 Å². The van der Waals surface area contributed by atoms with Crippen LogP contribution in [0.2, 0.25) is 0 Å². The van der Waals surface area contributed by atoms with Crippen LogP contribution in [-0.4, -0.2) is 42.3 Å². The van der Waals surface area contributed by atoms with Gasteiger partial charge in [-0.2, -0.15) is 0 Å². The Bertz CT molecular complexity index is 924. The van der Waals surface area contributed by atoms with Gasteiger partial charge in [-0.1, -0.05) is 48.5 Å². The molecule has 2 aliphatic carbocycles. The molecule has 0 spiro atoms.